The number of hydrogen-bond acceptors (Lipinski definition) is 5. The number of halogens is 1. The van der Waals surface area contributed by atoms with E-state index in [1.54, 1.807) is 30.6 Å². The van der Waals surface area contributed by atoms with Gasteiger partial charge in [-0.25, -0.2) is 9.97 Å². The van der Waals surface area contributed by atoms with Gasteiger partial charge in [-0.05, 0) is 34.1 Å². The van der Waals surface area contributed by atoms with Gasteiger partial charge in [-0.3, -0.25) is 14.9 Å². The molecule has 2 heterocycles. The summed E-state index contributed by atoms with van der Waals surface area (Å²) in [5, 5.41) is 5.20. The van der Waals surface area contributed by atoms with Crippen LogP contribution in [0, 0.1) is 0 Å². The third-order valence-electron chi connectivity index (χ3n) is 2.61. The van der Waals surface area contributed by atoms with E-state index < -0.39 is 0 Å². The molecule has 2 aromatic rings. The van der Waals surface area contributed by atoms with Crippen LogP contribution in [0.15, 0.2) is 35.1 Å². The van der Waals surface area contributed by atoms with E-state index in [4.69, 9.17) is 0 Å². The number of nitrogens with one attached hydrogen (secondary N) is 2. The van der Waals surface area contributed by atoms with E-state index in [1.807, 2.05) is 0 Å². The Morgan fingerprint density at radius 2 is 1.74 bits per heavy atom. The number of fused-ring (bicyclic) bond motifs is 1. The highest BCUT2D eigenvalue weighted by Gasteiger charge is 2.26. The van der Waals surface area contributed by atoms with Crippen LogP contribution >= 0.6 is 15.9 Å². The largest absolute Gasteiger partial charge is 0.324 e. The molecule has 7 heteroatoms. The summed E-state index contributed by atoms with van der Waals surface area (Å²) in [6.45, 7) is 0. The Kier molecular flexibility index (Phi) is 2.75. The summed E-state index contributed by atoms with van der Waals surface area (Å²) in [7, 11) is 0. The van der Waals surface area contributed by atoms with Crippen molar-refractivity contribution >= 4 is 39.4 Å². The van der Waals surface area contributed by atoms with Gasteiger partial charge in [-0.2, -0.15) is 0 Å². The molecule has 0 saturated carbocycles. The molecular weight excluding hydrogens is 312 g/mol. The Labute approximate surface area is 116 Å². The molecule has 2 N–H and O–H groups in total. The van der Waals surface area contributed by atoms with E-state index in [0.29, 0.717) is 22.8 Å². The number of aromatic nitrogens is 2. The quantitative estimate of drug-likeness (QED) is 0.826. The number of hydrogen-bond donors (Lipinski definition) is 2. The summed E-state index contributed by atoms with van der Waals surface area (Å²) in [4.78, 5) is 31.1. The average Bonchev–Trinajstić information content (AvgIpc) is 2.68. The van der Waals surface area contributed by atoms with Crippen molar-refractivity contribution in [2.75, 3.05) is 5.32 Å². The fourth-order valence-corrected chi connectivity index (χ4v) is 1.96. The molecule has 0 saturated heterocycles. The standard InChI is InChI=1S/C12H7BrN4O2/c13-6-4-14-12(15-5-6)16-7-1-2-8-9(3-7)11(19)17-10(8)18/h1-5H,(H,14,15,16)(H,17,18,19). The fourth-order valence-electron chi connectivity index (χ4n) is 1.75. The summed E-state index contributed by atoms with van der Waals surface area (Å²) in [6.07, 6.45) is 3.22. The molecule has 1 aliphatic rings. The maximum absolute atomic E-state index is 11.5. The maximum atomic E-state index is 11.5. The molecule has 1 aromatic heterocycles. The van der Waals surface area contributed by atoms with Crippen molar-refractivity contribution in [3.05, 3.63) is 46.2 Å². The molecule has 0 aliphatic carbocycles. The van der Waals surface area contributed by atoms with Crippen LogP contribution in [-0.2, 0) is 0 Å². The Morgan fingerprint density at radius 1 is 1.05 bits per heavy atom. The van der Waals surface area contributed by atoms with Crippen LogP contribution in [-0.4, -0.2) is 21.8 Å². The van der Waals surface area contributed by atoms with Crippen LogP contribution in [0.4, 0.5) is 11.6 Å². The molecule has 0 radical (unpaired) electrons. The number of amides is 2. The second-order valence-electron chi connectivity index (χ2n) is 3.89. The van der Waals surface area contributed by atoms with Crippen LogP contribution in [0.2, 0.25) is 0 Å². The lowest BCUT2D eigenvalue weighted by Crippen LogP contribution is -2.19. The summed E-state index contributed by atoms with van der Waals surface area (Å²) < 4.78 is 0.775. The number of benzene rings is 1. The number of carbonyl (C=O) groups is 2. The number of nitrogens with zero attached hydrogens (tertiary/aromatic N) is 2. The lowest BCUT2D eigenvalue weighted by molar-refractivity contribution is 0.0879. The summed E-state index contributed by atoms with van der Waals surface area (Å²) >= 11 is 3.24. The summed E-state index contributed by atoms with van der Waals surface area (Å²) in [5.74, 6) is -0.348. The molecule has 1 aliphatic heterocycles. The molecule has 3 rings (SSSR count). The van der Waals surface area contributed by atoms with Gasteiger partial charge < -0.3 is 5.32 Å². The van der Waals surface area contributed by atoms with E-state index in [2.05, 4.69) is 36.5 Å². The second kappa shape index (κ2) is 4.43. The van der Waals surface area contributed by atoms with Crippen molar-refractivity contribution in [3.63, 3.8) is 0 Å². The first-order valence-corrected chi connectivity index (χ1v) is 6.17. The monoisotopic (exact) mass is 318 g/mol. The molecule has 0 unspecified atom stereocenters. The zero-order valence-corrected chi connectivity index (χ0v) is 11.1. The zero-order valence-electron chi connectivity index (χ0n) is 9.48. The van der Waals surface area contributed by atoms with Crippen LogP contribution < -0.4 is 10.6 Å². The molecule has 0 atom stereocenters. The van der Waals surface area contributed by atoms with Gasteiger partial charge in [0.15, 0.2) is 0 Å². The first-order chi connectivity index (χ1) is 9.13. The Balaban J connectivity index is 1.91. The minimum Gasteiger partial charge on any atom is -0.324 e. The number of rotatable bonds is 2. The number of anilines is 2. The van der Waals surface area contributed by atoms with Gasteiger partial charge in [-0.15, -0.1) is 0 Å². The van der Waals surface area contributed by atoms with Gasteiger partial charge in [0.25, 0.3) is 11.8 Å². The van der Waals surface area contributed by atoms with Crippen LogP contribution in [0.1, 0.15) is 20.7 Å². The van der Waals surface area contributed by atoms with Gasteiger partial charge in [0.2, 0.25) is 5.95 Å². The van der Waals surface area contributed by atoms with E-state index in [-0.39, 0.29) is 11.8 Å². The van der Waals surface area contributed by atoms with Crippen molar-refractivity contribution in [3.8, 4) is 0 Å². The highest BCUT2D eigenvalue weighted by molar-refractivity contribution is 9.10. The Hall–Kier alpha value is -2.28. The number of imide groups is 1. The Bertz CT molecular complexity index is 685. The van der Waals surface area contributed by atoms with Crippen molar-refractivity contribution in [1.82, 2.24) is 15.3 Å². The SMILES string of the molecule is O=C1NC(=O)c2cc(Nc3ncc(Br)cn3)ccc21. The van der Waals surface area contributed by atoms with Crippen molar-refractivity contribution < 1.29 is 9.59 Å². The zero-order chi connectivity index (χ0) is 13.4. The lowest BCUT2D eigenvalue weighted by Gasteiger charge is -2.05. The molecule has 94 valence electrons. The molecule has 2 amide bonds. The summed E-state index contributed by atoms with van der Waals surface area (Å²) in [5.41, 5.74) is 1.38. The van der Waals surface area contributed by atoms with Crippen LogP contribution in [0.25, 0.3) is 0 Å². The third kappa shape index (κ3) is 2.19. The first kappa shape index (κ1) is 11.8. The molecule has 0 spiro atoms. The lowest BCUT2D eigenvalue weighted by atomic mass is 10.1. The predicted molar refractivity (Wildman–Crippen MR) is 71.3 cm³/mol. The van der Waals surface area contributed by atoms with Gasteiger partial charge >= 0.3 is 0 Å². The highest BCUT2D eigenvalue weighted by atomic mass is 79.9. The minimum atomic E-state index is -0.389. The van der Waals surface area contributed by atoms with Crippen LogP contribution in [0.5, 0.6) is 0 Å². The van der Waals surface area contributed by atoms with Crippen molar-refractivity contribution in [2.45, 2.75) is 0 Å². The normalized spacial score (nSPS) is 13.1. The van der Waals surface area contributed by atoms with Gasteiger partial charge in [-0.1, -0.05) is 0 Å². The van der Waals surface area contributed by atoms with Gasteiger partial charge in [0.05, 0.1) is 15.6 Å². The minimum absolute atomic E-state index is 0.354. The molecule has 19 heavy (non-hydrogen) atoms. The molecule has 0 bridgehead atoms. The smallest absolute Gasteiger partial charge is 0.259 e. The fraction of sp³-hybridized carbons (Fsp3) is 0. The maximum Gasteiger partial charge on any atom is 0.259 e. The topological polar surface area (TPSA) is 84.0 Å². The highest BCUT2D eigenvalue weighted by Crippen LogP contribution is 2.22. The second-order valence-corrected chi connectivity index (χ2v) is 4.81. The Morgan fingerprint density at radius 3 is 2.47 bits per heavy atom. The number of carbonyl (C=O) groups excluding carboxylic acids is 2. The van der Waals surface area contributed by atoms with Gasteiger partial charge in [0.1, 0.15) is 0 Å². The summed E-state index contributed by atoms with van der Waals surface area (Å²) in [6, 6.07) is 4.89. The molecule has 6 nitrogen and oxygen atoms in total. The van der Waals surface area contributed by atoms with Crippen molar-refractivity contribution in [2.24, 2.45) is 0 Å². The van der Waals surface area contributed by atoms with E-state index in [9.17, 15) is 9.59 Å². The van der Waals surface area contributed by atoms with Gasteiger partial charge in [0, 0.05) is 18.1 Å². The van der Waals surface area contributed by atoms with Crippen LogP contribution in [0.3, 0.4) is 0 Å². The molecular formula is C12H7BrN4O2. The van der Waals surface area contributed by atoms with E-state index >= 15 is 0 Å². The van der Waals surface area contributed by atoms with E-state index in [1.165, 1.54) is 0 Å². The predicted octanol–water partition coefficient (Wildman–Crippen LogP) is 1.87. The molecule has 0 fully saturated rings. The third-order valence-corrected chi connectivity index (χ3v) is 3.02. The first-order valence-electron chi connectivity index (χ1n) is 5.38. The van der Waals surface area contributed by atoms with E-state index in [0.717, 1.165) is 4.47 Å². The van der Waals surface area contributed by atoms with Crippen molar-refractivity contribution in [1.29, 1.82) is 0 Å². The average molecular weight is 319 g/mol. The molecule has 1 aromatic carbocycles.